The molecule has 0 unspecified atom stereocenters. The lowest BCUT2D eigenvalue weighted by atomic mass is 10.0. The van der Waals surface area contributed by atoms with Crippen molar-refractivity contribution in [2.24, 2.45) is 0 Å². The highest BCUT2D eigenvalue weighted by molar-refractivity contribution is 7.80. The molecule has 0 fully saturated rings. The molecule has 176 valence electrons. The van der Waals surface area contributed by atoms with Gasteiger partial charge in [0.25, 0.3) is 0 Å². The molecule has 0 heterocycles. The lowest BCUT2D eigenvalue weighted by Crippen LogP contribution is -2.26. The van der Waals surface area contributed by atoms with E-state index in [1.165, 1.54) is 17.2 Å². The third-order valence-corrected chi connectivity index (χ3v) is 5.66. The number of alkyl halides is 3. The second kappa shape index (κ2) is 11.3. The summed E-state index contributed by atoms with van der Waals surface area (Å²) in [6, 6.07) is 25.0. The first-order valence-electron chi connectivity index (χ1n) is 11.2. The van der Waals surface area contributed by atoms with Crippen molar-refractivity contribution in [1.82, 2.24) is 0 Å². The van der Waals surface area contributed by atoms with Gasteiger partial charge in [0.1, 0.15) is 0 Å². The number of hydrogen-bond donors (Lipinski definition) is 0. The van der Waals surface area contributed by atoms with Crippen molar-refractivity contribution >= 4 is 29.0 Å². The average Bonchev–Trinajstić information content (AvgIpc) is 2.78. The summed E-state index contributed by atoms with van der Waals surface area (Å²) in [5, 5.41) is 0. The molecular weight excluding hydrogens is 451 g/mol. The number of rotatable bonds is 8. The zero-order chi connectivity index (χ0) is 24.7. The lowest BCUT2D eigenvalue weighted by Gasteiger charge is -2.27. The Labute approximate surface area is 205 Å². The summed E-state index contributed by atoms with van der Waals surface area (Å²) in [5.41, 5.74) is 5.90. The Morgan fingerprint density at radius 3 is 2.12 bits per heavy atom. The van der Waals surface area contributed by atoms with E-state index in [-0.39, 0.29) is 5.56 Å². The van der Waals surface area contributed by atoms with Crippen LogP contribution in [0.1, 0.15) is 42.5 Å². The monoisotopic (exact) mass is 479 g/mol. The van der Waals surface area contributed by atoms with Crippen molar-refractivity contribution in [2.75, 3.05) is 4.90 Å². The molecule has 0 saturated carbocycles. The van der Waals surface area contributed by atoms with Crippen LogP contribution in [0.3, 0.4) is 0 Å². The summed E-state index contributed by atoms with van der Waals surface area (Å²) in [6.07, 6.45) is -1.80. The van der Waals surface area contributed by atoms with Crippen molar-refractivity contribution in [3.8, 4) is 0 Å². The first-order chi connectivity index (χ1) is 16.2. The van der Waals surface area contributed by atoms with E-state index in [0.29, 0.717) is 22.7 Å². The number of hydrogen-bond acceptors (Lipinski definition) is 1. The summed E-state index contributed by atoms with van der Waals surface area (Å²) in [4.78, 5) is 2.56. The predicted octanol–water partition coefficient (Wildman–Crippen LogP) is 8.54. The fraction of sp³-hybridized carbons (Fsp3) is 0.207. The second-order valence-electron chi connectivity index (χ2n) is 8.19. The fourth-order valence-corrected chi connectivity index (χ4v) is 4.10. The molecule has 1 nitrogen and oxygen atoms in total. The Bertz CT molecular complexity index is 1160. The first-order valence-corrected chi connectivity index (χ1v) is 11.6. The Balaban J connectivity index is 1.84. The highest BCUT2D eigenvalue weighted by Crippen LogP contribution is 2.28. The predicted molar refractivity (Wildman–Crippen MR) is 140 cm³/mol. The molecular formula is C29H28F3NS. The molecule has 0 aliphatic carbocycles. The Morgan fingerprint density at radius 1 is 0.912 bits per heavy atom. The zero-order valence-electron chi connectivity index (χ0n) is 19.4. The van der Waals surface area contributed by atoms with E-state index in [2.05, 4.69) is 30.8 Å². The van der Waals surface area contributed by atoms with Gasteiger partial charge in [-0.1, -0.05) is 92.5 Å². The SMILES string of the molecule is C=C(/C(=C/c1cccc(CC(F)(F)F)c1)CC)N(C(C)=S)c1ccc(Cc2ccccc2)cc1. The summed E-state index contributed by atoms with van der Waals surface area (Å²) in [7, 11) is 0. The van der Waals surface area contributed by atoms with Crippen LogP contribution in [0.25, 0.3) is 6.08 Å². The molecule has 3 aromatic rings. The van der Waals surface area contributed by atoms with E-state index in [1.807, 2.05) is 55.2 Å². The van der Waals surface area contributed by atoms with Crippen molar-refractivity contribution in [3.63, 3.8) is 0 Å². The topological polar surface area (TPSA) is 3.24 Å². The Kier molecular flexibility index (Phi) is 8.46. The third kappa shape index (κ3) is 7.16. The zero-order valence-corrected chi connectivity index (χ0v) is 20.2. The fourth-order valence-electron chi connectivity index (χ4n) is 3.88. The van der Waals surface area contributed by atoms with Gasteiger partial charge in [0.2, 0.25) is 0 Å². The summed E-state index contributed by atoms with van der Waals surface area (Å²) < 4.78 is 38.4. The van der Waals surface area contributed by atoms with Crippen LogP contribution in [-0.4, -0.2) is 11.2 Å². The molecule has 0 aliphatic heterocycles. The molecule has 0 amide bonds. The standard InChI is InChI=1S/C29H28F3NS/c1-4-27(19-25-11-8-12-26(18-25)20-29(30,31)32)21(2)33(22(3)34)28-15-13-24(14-16-28)17-23-9-6-5-7-10-23/h5-16,18-19H,2,4,17,20H2,1,3H3/b27-19+. The number of halogens is 3. The number of allylic oxidation sites excluding steroid dienone is 1. The summed E-state index contributed by atoms with van der Waals surface area (Å²) in [5.74, 6) is 0. The van der Waals surface area contributed by atoms with E-state index >= 15 is 0 Å². The van der Waals surface area contributed by atoms with Gasteiger partial charge in [0, 0.05) is 11.4 Å². The normalized spacial score (nSPS) is 11.9. The van der Waals surface area contributed by atoms with Crippen LogP contribution in [0.15, 0.2) is 96.7 Å². The smallest absolute Gasteiger partial charge is 0.305 e. The highest BCUT2D eigenvalue weighted by Gasteiger charge is 2.27. The van der Waals surface area contributed by atoms with Crippen LogP contribution in [0, 0.1) is 0 Å². The van der Waals surface area contributed by atoms with Crippen LogP contribution in [0.4, 0.5) is 18.9 Å². The molecule has 0 bridgehead atoms. The molecule has 0 aromatic heterocycles. The van der Waals surface area contributed by atoms with Crippen molar-refractivity contribution in [2.45, 2.75) is 39.3 Å². The van der Waals surface area contributed by atoms with Gasteiger partial charge in [-0.05, 0) is 65.8 Å². The van der Waals surface area contributed by atoms with Crippen LogP contribution in [0.5, 0.6) is 0 Å². The van der Waals surface area contributed by atoms with Gasteiger partial charge in [0.15, 0.2) is 0 Å². The minimum Gasteiger partial charge on any atom is -0.305 e. The van der Waals surface area contributed by atoms with Gasteiger partial charge in [-0.15, -0.1) is 0 Å². The van der Waals surface area contributed by atoms with Gasteiger partial charge < -0.3 is 4.90 Å². The maximum atomic E-state index is 12.8. The maximum absolute atomic E-state index is 12.8. The minimum absolute atomic E-state index is 0.235. The van der Waals surface area contributed by atoms with E-state index in [9.17, 15) is 13.2 Å². The number of nitrogens with zero attached hydrogens (tertiary/aromatic N) is 1. The van der Waals surface area contributed by atoms with Crippen LogP contribution < -0.4 is 4.90 Å². The molecule has 0 atom stereocenters. The van der Waals surface area contributed by atoms with E-state index in [1.54, 1.807) is 18.2 Å². The highest BCUT2D eigenvalue weighted by atomic mass is 32.1. The molecule has 3 aromatic carbocycles. The van der Waals surface area contributed by atoms with Gasteiger partial charge in [-0.2, -0.15) is 13.2 Å². The number of benzene rings is 3. The largest absolute Gasteiger partial charge is 0.393 e. The Hall–Kier alpha value is -3.18. The average molecular weight is 480 g/mol. The molecule has 5 heteroatoms. The molecule has 3 rings (SSSR count). The lowest BCUT2D eigenvalue weighted by molar-refractivity contribution is -0.127. The van der Waals surface area contributed by atoms with Crippen LogP contribution in [-0.2, 0) is 12.8 Å². The van der Waals surface area contributed by atoms with E-state index in [0.717, 1.165) is 17.7 Å². The first kappa shape index (κ1) is 25.4. The van der Waals surface area contributed by atoms with Crippen molar-refractivity contribution < 1.29 is 13.2 Å². The number of thiocarbonyl (C=S) groups is 1. The molecule has 34 heavy (non-hydrogen) atoms. The third-order valence-electron chi connectivity index (χ3n) is 5.48. The summed E-state index contributed by atoms with van der Waals surface area (Å²) >= 11 is 5.54. The molecule has 0 spiro atoms. The summed E-state index contributed by atoms with van der Waals surface area (Å²) in [6.45, 7) is 8.12. The molecule has 0 saturated heterocycles. The van der Waals surface area contributed by atoms with Crippen molar-refractivity contribution in [3.05, 3.63) is 119 Å². The van der Waals surface area contributed by atoms with E-state index < -0.39 is 12.6 Å². The molecule has 0 radical (unpaired) electrons. The van der Waals surface area contributed by atoms with E-state index in [4.69, 9.17) is 12.2 Å². The van der Waals surface area contributed by atoms with Gasteiger partial charge in [0.05, 0.1) is 11.4 Å². The maximum Gasteiger partial charge on any atom is 0.393 e. The Morgan fingerprint density at radius 2 is 1.53 bits per heavy atom. The molecule has 0 N–H and O–H groups in total. The second-order valence-corrected chi connectivity index (χ2v) is 8.78. The van der Waals surface area contributed by atoms with Crippen LogP contribution in [0.2, 0.25) is 0 Å². The van der Waals surface area contributed by atoms with Crippen LogP contribution >= 0.6 is 12.2 Å². The number of anilines is 1. The molecule has 0 aliphatic rings. The van der Waals surface area contributed by atoms with Crippen molar-refractivity contribution in [1.29, 1.82) is 0 Å². The van der Waals surface area contributed by atoms with Gasteiger partial charge >= 0.3 is 6.18 Å². The van der Waals surface area contributed by atoms with Gasteiger partial charge in [-0.25, -0.2) is 0 Å². The van der Waals surface area contributed by atoms with Gasteiger partial charge in [-0.3, -0.25) is 0 Å². The quantitative estimate of drug-likeness (QED) is 0.235. The minimum atomic E-state index is -4.24.